The molecule has 0 saturated heterocycles. The van der Waals surface area contributed by atoms with E-state index < -0.39 is 0 Å². The van der Waals surface area contributed by atoms with Crippen LogP contribution in [0.2, 0.25) is 0 Å². The summed E-state index contributed by atoms with van der Waals surface area (Å²) >= 11 is 1.43. The molecule has 1 aromatic carbocycles. The molecule has 8 heteroatoms. The number of nitrogens with zero attached hydrogens (tertiary/aromatic N) is 4. The molecule has 0 radical (unpaired) electrons. The van der Waals surface area contributed by atoms with Crippen molar-refractivity contribution < 1.29 is 9.59 Å². The van der Waals surface area contributed by atoms with Crippen molar-refractivity contribution in [1.82, 2.24) is 25.1 Å². The molecule has 0 bridgehead atoms. The molecule has 1 aliphatic rings. The summed E-state index contributed by atoms with van der Waals surface area (Å²) in [5, 5.41) is 12.3. The van der Waals surface area contributed by atoms with Crippen LogP contribution in [-0.2, 0) is 11.2 Å². The third kappa shape index (κ3) is 4.94. The molecular weight excluding hydrogens is 398 g/mol. The molecule has 1 fully saturated rings. The topological polar surface area (TPSA) is 89.8 Å². The van der Waals surface area contributed by atoms with Crippen LogP contribution in [0.4, 0.5) is 0 Å². The molecular formula is C22H23N5O2S. The van der Waals surface area contributed by atoms with Crippen LogP contribution in [0.15, 0.2) is 53.9 Å². The smallest absolute Gasteiger partial charge is 0.216 e. The van der Waals surface area contributed by atoms with Gasteiger partial charge in [0.1, 0.15) is 0 Å². The van der Waals surface area contributed by atoms with E-state index in [0.717, 1.165) is 41.4 Å². The van der Waals surface area contributed by atoms with Gasteiger partial charge in [-0.15, -0.1) is 10.2 Å². The molecule has 1 aliphatic carbocycles. The summed E-state index contributed by atoms with van der Waals surface area (Å²) in [6, 6.07) is 11.8. The minimum absolute atomic E-state index is 0.0374. The first-order chi connectivity index (χ1) is 14.6. The summed E-state index contributed by atoms with van der Waals surface area (Å²) in [4.78, 5) is 27.8. The van der Waals surface area contributed by atoms with Crippen molar-refractivity contribution in [3.05, 3.63) is 59.9 Å². The largest absolute Gasteiger partial charge is 0.356 e. The number of thioether (sulfide) groups is 1. The normalized spacial score (nSPS) is 13.2. The number of pyridine rings is 1. The van der Waals surface area contributed by atoms with Crippen molar-refractivity contribution in [2.75, 3.05) is 12.3 Å². The predicted molar refractivity (Wildman–Crippen MR) is 115 cm³/mol. The van der Waals surface area contributed by atoms with Gasteiger partial charge in [-0.1, -0.05) is 36.0 Å². The van der Waals surface area contributed by atoms with Crippen molar-refractivity contribution in [3.8, 4) is 11.4 Å². The van der Waals surface area contributed by atoms with E-state index in [9.17, 15) is 9.59 Å². The third-order valence-corrected chi connectivity index (χ3v) is 5.84. The van der Waals surface area contributed by atoms with Crippen LogP contribution >= 0.6 is 11.8 Å². The average molecular weight is 422 g/mol. The highest BCUT2D eigenvalue weighted by molar-refractivity contribution is 7.99. The van der Waals surface area contributed by atoms with Gasteiger partial charge in [-0.2, -0.15) is 0 Å². The summed E-state index contributed by atoms with van der Waals surface area (Å²) < 4.78 is 2.14. The van der Waals surface area contributed by atoms with Crippen LogP contribution in [0.25, 0.3) is 11.4 Å². The van der Waals surface area contributed by atoms with E-state index in [0.29, 0.717) is 23.9 Å². The fraction of sp³-hybridized carbons (Fsp3) is 0.318. The maximum absolute atomic E-state index is 12.7. The number of Topliss-reactive ketones (excluding diaryl/α,β-unsaturated/α-hetero) is 1. The highest BCUT2D eigenvalue weighted by Gasteiger charge is 2.30. The highest BCUT2D eigenvalue weighted by atomic mass is 32.2. The van der Waals surface area contributed by atoms with Gasteiger partial charge in [0.25, 0.3) is 0 Å². The number of benzene rings is 1. The summed E-state index contributed by atoms with van der Waals surface area (Å²) in [5.41, 5.74) is 2.70. The number of ketones is 1. The molecule has 1 saturated carbocycles. The van der Waals surface area contributed by atoms with Gasteiger partial charge in [-0.3, -0.25) is 19.1 Å². The monoisotopic (exact) mass is 421 g/mol. The van der Waals surface area contributed by atoms with Gasteiger partial charge in [-0.25, -0.2) is 0 Å². The second kappa shape index (κ2) is 9.21. The Morgan fingerprint density at radius 3 is 2.63 bits per heavy atom. The maximum Gasteiger partial charge on any atom is 0.216 e. The molecule has 0 spiro atoms. The zero-order valence-corrected chi connectivity index (χ0v) is 17.6. The number of amides is 1. The molecule has 1 N–H and O–H groups in total. The van der Waals surface area contributed by atoms with E-state index in [4.69, 9.17) is 0 Å². The lowest BCUT2D eigenvalue weighted by molar-refractivity contribution is -0.118. The van der Waals surface area contributed by atoms with E-state index in [1.54, 1.807) is 12.4 Å². The lowest BCUT2D eigenvalue weighted by Crippen LogP contribution is -2.22. The summed E-state index contributed by atoms with van der Waals surface area (Å²) in [6.07, 6.45) is 6.47. The van der Waals surface area contributed by atoms with E-state index in [1.165, 1.54) is 18.7 Å². The fourth-order valence-electron chi connectivity index (χ4n) is 3.18. The van der Waals surface area contributed by atoms with Crippen LogP contribution in [0.3, 0.4) is 0 Å². The van der Waals surface area contributed by atoms with Crippen molar-refractivity contribution in [2.24, 2.45) is 0 Å². The summed E-state index contributed by atoms with van der Waals surface area (Å²) in [5.74, 6) is 1.14. The Morgan fingerprint density at radius 1 is 1.17 bits per heavy atom. The van der Waals surface area contributed by atoms with Crippen LogP contribution in [-0.4, -0.2) is 43.7 Å². The predicted octanol–water partition coefficient (Wildman–Crippen LogP) is 3.33. The Balaban J connectivity index is 1.39. The fourth-order valence-corrected chi connectivity index (χ4v) is 4.08. The Bertz CT molecular complexity index is 1030. The van der Waals surface area contributed by atoms with Crippen LogP contribution < -0.4 is 5.32 Å². The Hall–Kier alpha value is -3.00. The Morgan fingerprint density at radius 2 is 1.97 bits per heavy atom. The second-order valence-corrected chi connectivity index (χ2v) is 8.23. The van der Waals surface area contributed by atoms with Gasteiger partial charge < -0.3 is 5.32 Å². The van der Waals surface area contributed by atoms with Crippen LogP contribution in [0, 0.1) is 0 Å². The molecule has 4 rings (SSSR count). The first kappa shape index (κ1) is 20.3. The molecule has 0 unspecified atom stereocenters. The van der Waals surface area contributed by atoms with Gasteiger partial charge in [-0.05, 0) is 37.0 Å². The van der Waals surface area contributed by atoms with Crippen molar-refractivity contribution >= 4 is 23.5 Å². The Labute approximate surface area is 179 Å². The van der Waals surface area contributed by atoms with E-state index in [2.05, 4.69) is 25.1 Å². The molecule has 30 heavy (non-hydrogen) atoms. The molecule has 7 nitrogen and oxygen atoms in total. The standard InChI is InChI=1S/C22H23N5O2S/c1-15(28)24-12-10-16-4-6-17(7-5-16)20(29)14-30-22-26-25-21(27(22)19-8-9-19)18-3-2-11-23-13-18/h2-7,11,13,19H,8-10,12,14H2,1H3,(H,24,28). The molecule has 1 amide bonds. The zero-order valence-electron chi connectivity index (χ0n) is 16.7. The maximum atomic E-state index is 12.7. The minimum Gasteiger partial charge on any atom is -0.356 e. The number of carbonyl (C=O) groups excluding carboxylic acids is 2. The number of hydrogen-bond acceptors (Lipinski definition) is 6. The number of hydrogen-bond donors (Lipinski definition) is 1. The lowest BCUT2D eigenvalue weighted by atomic mass is 10.1. The van der Waals surface area contributed by atoms with Gasteiger partial charge in [0, 0.05) is 43.0 Å². The second-order valence-electron chi connectivity index (χ2n) is 7.29. The van der Waals surface area contributed by atoms with Crippen LogP contribution in [0.5, 0.6) is 0 Å². The zero-order chi connectivity index (χ0) is 20.9. The van der Waals surface area contributed by atoms with Crippen molar-refractivity contribution in [1.29, 1.82) is 0 Å². The number of carbonyl (C=O) groups is 2. The minimum atomic E-state index is -0.0374. The van der Waals surface area contributed by atoms with Crippen LogP contribution in [0.1, 0.15) is 41.7 Å². The average Bonchev–Trinajstić information content (AvgIpc) is 3.51. The van der Waals surface area contributed by atoms with Crippen molar-refractivity contribution in [3.63, 3.8) is 0 Å². The van der Waals surface area contributed by atoms with E-state index in [-0.39, 0.29) is 11.7 Å². The van der Waals surface area contributed by atoms with Gasteiger partial charge in [0.2, 0.25) is 5.91 Å². The number of rotatable bonds is 9. The quantitative estimate of drug-likeness (QED) is 0.421. The van der Waals surface area contributed by atoms with E-state index >= 15 is 0 Å². The van der Waals surface area contributed by atoms with E-state index in [1.807, 2.05) is 36.4 Å². The molecule has 0 aliphatic heterocycles. The molecule has 0 atom stereocenters. The number of aromatic nitrogens is 4. The molecule has 3 aromatic rings. The van der Waals surface area contributed by atoms with Gasteiger partial charge in [0.05, 0.1) is 5.75 Å². The first-order valence-electron chi connectivity index (χ1n) is 9.96. The summed E-state index contributed by atoms with van der Waals surface area (Å²) in [6.45, 7) is 2.09. The van der Waals surface area contributed by atoms with Gasteiger partial charge >= 0.3 is 0 Å². The van der Waals surface area contributed by atoms with Crippen molar-refractivity contribution in [2.45, 2.75) is 37.4 Å². The third-order valence-electron chi connectivity index (χ3n) is 4.89. The lowest BCUT2D eigenvalue weighted by Gasteiger charge is -2.08. The first-order valence-corrected chi connectivity index (χ1v) is 10.9. The Kier molecular flexibility index (Phi) is 6.23. The number of nitrogens with one attached hydrogen (secondary N) is 1. The SMILES string of the molecule is CC(=O)NCCc1ccc(C(=O)CSc2nnc(-c3cccnc3)n2C2CC2)cc1. The highest BCUT2D eigenvalue weighted by Crippen LogP contribution is 2.41. The van der Waals surface area contributed by atoms with Gasteiger partial charge in [0.15, 0.2) is 16.8 Å². The molecule has 154 valence electrons. The summed E-state index contributed by atoms with van der Waals surface area (Å²) in [7, 11) is 0. The molecule has 2 aromatic heterocycles. The molecule has 2 heterocycles.